The van der Waals surface area contributed by atoms with Crippen LogP contribution in [0.25, 0.3) is 10.9 Å². The minimum atomic E-state index is -0.591. The fraction of sp³-hybridized carbons (Fsp3) is 0.0625. The molecule has 6 heteroatoms. The second-order valence-electron chi connectivity index (χ2n) is 4.59. The minimum absolute atomic E-state index is 0.0827. The summed E-state index contributed by atoms with van der Waals surface area (Å²) in [5.41, 5.74) is 1.41. The zero-order valence-corrected chi connectivity index (χ0v) is 12.3. The lowest BCUT2D eigenvalue weighted by molar-refractivity contribution is 0.0594. The number of carbonyl (C=O) groups is 2. The lowest BCUT2D eigenvalue weighted by Gasteiger charge is -2.03. The lowest BCUT2D eigenvalue weighted by atomic mass is 10.1. The van der Waals surface area contributed by atoms with Crippen LogP contribution >= 0.6 is 11.6 Å². The molecule has 2 aromatic heterocycles. The van der Waals surface area contributed by atoms with Gasteiger partial charge in [0.15, 0.2) is 0 Å². The molecule has 0 spiro atoms. The number of ketones is 1. The number of hydrogen-bond acceptors (Lipinski definition) is 4. The van der Waals surface area contributed by atoms with Crippen molar-refractivity contribution >= 4 is 34.3 Å². The van der Waals surface area contributed by atoms with Gasteiger partial charge in [0, 0.05) is 17.1 Å². The van der Waals surface area contributed by atoms with Gasteiger partial charge in [-0.3, -0.25) is 4.79 Å². The highest BCUT2D eigenvalue weighted by Crippen LogP contribution is 2.27. The Morgan fingerprint density at radius 2 is 1.86 bits per heavy atom. The van der Waals surface area contributed by atoms with Crippen molar-refractivity contribution in [3.8, 4) is 0 Å². The number of ether oxygens (including phenoxy) is 1. The van der Waals surface area contributed by atoms with Crippen LogP contribution in [0.4, 0.5) is 0 Å². The van der Waals surface area contributed by atoms with Gasteiger partial charge in [-0.1, -0.05) is 23.7 Å². The van der Waals surface area contributed by atoms with Crippen LogP contribution in [-0.4, -0.2) is 28.8 Å². The van der Waals surface area contributed by atoms with E-state index >= 15 is 0 Å². The van der Waals surface area contributed by atoms with E-state index in [9.17, 15) is 9.59 Å². The number of fused-ring (bicyclic) bond motifs is 1. The van der Waals surface area contributed by atoms with E-state index in [4.69, 9.17) is 11.6 Å². The van der Waals surface area contributed by atoms with E-state index in [0.717, 1.165) is 5.52 Å². The number of hydrogen-bond donors (Lipinski definition) is 1. The second-order valence-corrected chi connectivity index (χ2v) is 5.00. The Morgan fingerprint density at radius 3 is 2.64 bits per heavy atom. The van der Waals surface area contributed by atoms with Crippen molar-refractivity contribution in [2.45, 2.75) is 0 Å². The van der Waals surface area contributed by atoms with Gasteiger partial charge in [-0.05, 0) is 24.3 Å². The maximum absolute atomic E-state index is 12.6. The van der Waals surface area contributed by atoms with Gasteiger partial charge >= 0.3 is 5.97 Å². The van der Waals surface area contributed by atoms with Crippen molar-refractivity contribution in [3.63, 3.8) is 0 Å². The largest absolute Gasteiger partial charge is 0.464 e. The van der Waals surface area contributed by atoms with Crippen LogP contribution in [0.5, 0.6) is 0 Å². The first-order valence-electron chi connectivity index (χ1n) is 6.47. The molecule has 0 fully saturated rings. The quantitative estimate of drug-likeness (QED) is 0.595. The molecule has 0 aliphatic heterocycles. The van der Waals surface area contributed by atoms with Gasteiger partial charge < -0.3 is 9.72 Å². The summed E-state index contributed by atoms with van der Waals surface area (Å²) in [5, 5.41) is 1.12. The minimum Gasteiger partial charge on any atom is -0.464 e. The number of methoxy groups -OCH3 is 1. The second kappa shape index (κ2) is 5.61. The van der Waals surface area contributed by atoms with Crippen LogP contribution in [0.3, 0.4) is 0 Å². The number of rotatable bonds is 3. The molecule has 0 amide bonds. The van der Waals surface area contributed by atoms with Gasteiger partial charge in [0.1, 0.15) is 11.4 Å². The maximum atomic E-state index is 12.6. The normalized spacial score (nSPS) is 10.6. The van der Waals surface area contributed by atoms with Crippen LogP contribution in [0, 0.1) is 0 Å². The van der Waals surface area contributed by atoms with E-state index in [1.807, 2.05) is 6.07 Å². The number of carbonyl (C=O) groups excluding carboxylic acids is 2. The summed E-state index contributed by atoms with van der Waals surface area (Å²) in [5.74, 6) is -0.906. The van der Waals surface area contributed by atoms with Gasteiger partial charge in [-0.15, -0.1) is 0 Å². The van der Waals surface area contributed by atoms with Crippen LogP contribution in [0.15, 0.2) is 42.6 Å². The fourth-order valence-corrected chi connectivity index (χ4v) is 2.51. The number of aromatic amines is 1. The van der Waals surface area contributed by atoms with E-state index in [1.54, 1.807) is 30.5 Å². The third-order valence-electron chi connectivity index (χ3n) is 3.28. The summed E-state index contributed by atoms with van der Waals surface area (Å²) in [7, 11) is 1.26. The third kappa shape index (κ3) is 2.35. The van der Waals surface area contributed by atoms with E-state index in [0.29, 0.717) is 16.0 Å². The highest BCUT2D eigenvalue weighted by Gasteiger charge is 2.18. The molecular weight excluding hydrogens is 304 g/mol. The SMILES string of the molecule is COC(=O)c1cccc(C(=O)c2c[nH]c3cccc(Cl)c23)n1. The van der Waals surface area contributed by atoms with Crippen LogP contribution in [0.2, 0.25) is 5.02 Å². The first kappa shape index (κ1) is 14.3. The van der Waals surface area contributed by atoms with Gasteiger partial charge in [0.25, 0.3) is 0 Å². The maximum Gasteiger partial charge on any atom is 0.356 e. The highest BCUT2D eigenvalue weighted by atomic mass is 35.5. The van der Waals surface area contributed by atoms with Gasteiger partial charge in [-0.2, -0.15) is 0 Å². The lowest BCUT2D eigenvalue weighted by Crippen LogP contribution is -2.09. The molecule has 5 nitrogen and oxygen atoms in total. The number of esters is 1. The van der Waals surface area contributed by atoms with Crippen molar-refractivity contribution in [2.75, 3.05) is 7.11 Å². The van der Waals surface area contributed by atoms with Crippen LogP contribution < -0.4 is 0 Å². The molecular formula is C16H11ClN2O3. The molecule has 3 rings (SSSR count). The molecule has 0 aliphatic rings. The molecule has 1 N–H and O–H groups in total. The molecule has 22 heavy (non-hydrogen) atoms. The molecule has 0 saturated heterocycles. The predicted molar refractivity (Wildman–Crippen MR) is 82.3 cm³/mol. The van der Waals surface area contributed by atoms with Crippen molar-refractivity contribution in [2.24, 2.45) is 0 Å². The number of nitrogens with zero attached hydrogens (tertiary/aromatic N) is 1. The molecule has 0 bridgehead atoms. The molecule has 0 unspecified atom stereocenters. The molecule has 0 atom stereocenters. The van der Waals surface area contributed by atoms with Gasteiger partial charge in [0.05, 0.1) is 17.7 Å². The van der Waals surface area contributed by atoms with Crippen molar-refractivity contribution in [1.82, 2.24) is 9.97 Å². The first-order valence-corrected chi connectivity index (χ1v) is 6.85. The zero-order chi connectivity index (χ0) is 15.7. The van der Waals surface area contributed by atoms with Gasteiger partial charge in [-0.25, -0.2) is 9.78 Å². The first-order chi connectivity index (χ1) is 10.6. The Kier molecular flexibility index (Phi) is 3.65. The fourth-order valence-electron chi connectivity index (χ4n) is 2.24. The number of H-pyrrole nitrogens is 1. The smallest absolute Gasteiger partial charge is 0.356 e. The molecule has 1 aromatic carbocycles. The predicted octanol–water partition coefficient (Wildman–Crippen LogP) is 3.23. The van der Waals surface area contributed by atoms with Gasteiger partial charge in [0.2, 0.25) is 5.78 Å². The Balaban J connectivity index is 2.09. The molecule has 0 aliphatic carbocycles. The summed E-state index contributed by atoms with van der Waals surface area (Å²) in [4.78, 5) is 31.2. The standard InChI is InChI=1S/C16H11ClN2O3/c1-22-16(21)13-7-3-6-12(19-13)15(20)9-8-18-11-5-2-4-10(17)14(9)11/h2-8,18H,1H3. The van der Waals surface area contributed by atoms with Crippen molar-refractivity contribution < 1.29 is 14.3 Å². The third-order valence-corrected chi connectivity index (χ3v) is 3.59. The topological polar surface area (TPSA) is 72.1 Å². The molecule has 110 valence electrons. The van der Waals surface area contributed by atoms with E-state index < -0.39 is 5.97 Å². The Morgan fingerprint density at radius 1 is 1.14 bits per heavy atom. The Bertz CT molecular complexity index is 886. The van der Waals surface area contributed by atoms with E-state index in [1.165, 1.54) is 13.2 Å². The molecule has 2 heterocycles. The monoisotopic (exact) mass is 314 g/mol. The molecule has 0 radical (unpaired) electrons. The number of benzene rings is 1. The summed E-state index contributed by atoms with van der Waals surface area (Å²) < 4.78 is 4.61. The average Bonchev–Trinajstić information content (AvgIpc) is 2.99. The summed E-state index contributed by atoms with van der Waals surface area (Å²) >= 11 is 6.17. The number of pyridine rings is 1. The Hall–Kier alpha value is -2.66. The van der Waals surface area contributed by atoms with E-state index in [2.05, 4.69) is 14.7 Å². The van der Waals surface area contributed by atoms with Crippen LogP contribution in [0.1, 0.15) is 26.5 Å². The summed E-state index contributed by atoms with van der Waals surface area (Å²) in [6.07, 6.45) is 1.59. The van der Waals surface area contributed by atoms with E-state index in [-0.39, 0.29) is 17.2 Å². The number of nitrogens with one attached hydrogen (secondary N) is 1. The number of halogens is 1. The summed E-state index contributed by atoms with van der Waals surface area (Å²) in [6, 6.07) is 9.97. The summed E-state index contributed by atoms with van der Waals surface area (Å²) in [6.45, 7) is 0. The zero-order valence-electron chi connectivity index (χ0n) is 11.6. The molecule has 0 saturated carbocycles. The van der Waals surface area contributed by atoms with Crippen molar-refractivity contribution in [3.05, 3.63) is 64.6 Å². The van der Waals surface area contributed by atoms with Crippen LogP contribution in [-0.2, 0) is 4.74 Å². The van der Waals surface area contributed by atoms with Crippen molar-refractivity contribution in [1.29, 1.82) is 0 Å². The molecule has 3 aromatic rings. The average molecular weight is 315 g/mol. The Labute approximate surface area is 130 Å². The highest BCUT2D eigenvalue weighted by molar-refractivity contribution is 6.37. The number of aromatic nitrogens is 2.